The smallest absolute Gasteiger partial charge is 0.376 e. The first-order valence-corrected chi connectivity index (χ1v) is 11.6. The Morgan fingerprint density at radius 1 is 1.26 bits per heavy atom. The number of anilines is 1. The van der Waals surface area contributed by atoms with Crippen LogP contribution in [0.25, 0.3) is 10.9 Å². The minimum absolute atomic E-state index is 0.000422. The number of amides is 1. The second-order valence-electron chi connectivity index (χ2n) is 8.29. The van der Waals surface area contributed by atoms with Crippen molar-refractivity contribution in [2.75, 3.05) is 25.0 Å². The molecule has 0 aliphatic carbocycles. The maximum atomic E-state index is 13.0. The maximum Gasteiger partial charge on any atom is 0.401 e. The molecule has 3 aromatic rings. The van der Waals surface area contributed by atoms with Gasteiger partial charge in [-0.1, -0.05) is 23.2 Å². The van der Waals surface area contributed by atoms with Crippen molar-refractivity contribution in [3.63, 3.8) is 0 Å². The Labute approximate surface area is 208 Å². The number of carbonyl (C=O) groups is 1. The van der Waals surface area contributed by atoms with Crippen molar-refractivity contribution in [2.24, 2.45) is 0 Å². The van der Waals surface area contributed by atoms with Gasteiger partial charge in [0.05, 0.1) is 36.6 Å². The number of rotatable bonds is 6. The minimum atomic E-state index is -4.37. The van der Waals surface area contributed by atoms with Gasteiger partial charge in [-0.15, -0.1) is 0 Å². The predicted octanol–water partition coefficient (Wildman–Crippen LogP) is 4.44. The zero-order valence-corrected chi connectivity index (χ0v) is 20.1. The van der Waals surface area contributed by atoms with Crippen LogP contribution in [0.1, 0.15) is 29.9 Å². The third-order valence-corrected chi connectivity index (χ3v) is 6.36. The predicted molar refractivity (Wildman–Crippen MR) is 129 cm³/mol. The normalized spacial score (nSPS) is 15.8. The van der Waals surface area contributed by atoms with Crippen LogP contribution < -0.4 is 16.2 Å². The molecule has 1 atom stereocenters. The summed E-state index contributed by atoms with van der Waals surface area (Å²) in [6.45, 7) is 0.989. The Bertz CT molecular complexity index is 1330. The van der Waals surface area contributed by atoms with Gasteiger partial charge in [0.1, 0.15) is 5.82 Å². The van der Waals surface area contributed by atoms with Gasteiger partial charge in [-0.05, 0) is 54.8 Å². The molecule has 7 nitrogen and oxygen atoms in total. The Balaban J connectivity index is 1.45. The van der Waals surface area contributed by atoms with Crippen LogP contribution in [0.5, 0.6) is 0 Å². The van der Waals surface area contributed by atoms with Gasteiger partial charge in [0.15, 0.2) is 0 Å². The fourth-order valence-corrected chi connectivity index (χ4v) is 4.92. The number of benzene rings is 2. The molecule has 4 rings (SSSR count). The van der Waals surface area contributed by atoms with Crippen LogP contribution in [0, 0.1) is 0 Å². The number of nitrogens with one attached hydrogen (secondary N) is 3. The molecule has 0 saturated carbocycles. The molecule has 12 heteroatoms. The van der Waals surface area contributed by atoms with Gasteiger partial charge in [-0.3, -0.25) is 9.59 Å². The zero-order valence-electron chi connectivity index (χ0n) is 18.6. The molecule has 3 N–H and O–H groups in total. The van der Waals surface area contributed by atoms with Gasteiger partial charge >= 0.3 is 6.18 Å². The summed E-state index contributed by atoms with van der Waals surface area (Å²) in [5, 5.41) is 6.62. The number of alkyl halides is 3. The van der Waals surface area contributed by atoms with Gasteiger partial charge in [-0.25, -0.2) is 4.98 Å². The Morgan fingerprint density at radius 3 is 2.77 bits per heavy atom. The summed E-state index contributed by atoms with van der Waals surface area (Å²) in [5.41, 5.74) is 2.31. The van der Waals surface area contributed by atoms with Crippen LogP contribution in [-0.2, 0) is 17.8 Å². The van der Waals surface area contributed by atoms with E-state index in [9.17, 15) is 22.8 Å². The largest absolute Gasteiger partial charge is 0.401 e. The zero-order chi connectivity index (χ0) is 25.3. The topological polar surface area (TPSA) is 90.1 Å². The molecule has 0 saturated heterocycles. The van der Waals surface area contributed by atoms with E-state index < -0.39 is 18.3 Å². The summed E-state index contributed by atoms with van der Waals surface area (Å²) >= 11 is 12.5. The number of hydrogen-bond acceptors (Lipinski definition) is 5. The molecule has 0 radical (unpaired) electrons. The van der Waals surface area contributed by atoms with Crippen molar-refractivity contribution in [1.29, 1.82) is 0 Å². The fourth-order valence-electron chi connectivity index (χ4n) is 4.23. The fraction of sp³-hybridized carbons (Fsp3) is 0.348. The van der Waals surface area contributed by atoms with Crippen molar-refractivity contribution in [3.05, 3.63) is 67.7 Å². The third-order valence-electron chi connectivity index (χ3n) is 5.82. The summed E-state index contributed by atoms with van der Waals surface area (Å²) in [6.07, 6.45) is -3.73. The molecule has 2 heterocycles. The first kappa shape index (κ1) is 25.3. The van der Waals surface area contributed by atoms with Gasteiger partial charge in [0.2, 0.25) is 5.91 Å². The SMILES string of the molecule is CC1c2c(Cl)cc(Cl)cc2CCN1C(=O)CNc1ccc2c(=O)[nH]c(CNCC(F)(F)F)nc2c1. The van der Waals surface area contributed by atoms with E-state index in [4.69, 9.17) is 23.2 Å². The van der Waals surface area contributed by atoms with Crippen LogP contribution in [0.15, 0.2) is 35.1 Å². The monoisotopic (exact) mass is 527 g/mol. The summed E-state index contributed by atoms with van der Waals surface area (Å²) in [5.74, 6) is -0.0528. The Hall–Kier alpha value is -2.82. The van der Waals surface area contributed by atoms with E-state index in [0.29, 0.717) is 34.2 Å². The molecule has 1 aliphatic rings. The number of fused-ring (bicyclic) bond motifs is 2. The lowest BCUT2D eigenvalue weighted by atomic mass is 9.93. The molecule has 35 heavy (non-hydrogen) atoms. The second-order valence-corrected chi connectivity index (χ2v) is 9.13. The lowest BCUT2D eigenvalue weighted by Crippen LogP contribution is -2.41. The van der Waals surface area contributed by atoms with Crippen molar-refractivity contribution < 1.29 is 18.0 Å². The highest BCUT2D eigenvalue weighted by molar-refractivity contribution is 6.35. The Kier molecular flexibility index (Phi) is 7.25. The molecule has 0 bridgehead atoms. The standard InChI is InChI=1S/C23H22Cl2F3N5O2/c1-12-21-13(6-14(24)7-17(21)25)4-5-33(12)20(34)10-30-15-2-3-16-18(8-15)31-19(32-22(16)35)9-29-11-23(26,27)28/h2-3,6-8,12,29-30H,4-5,9-11H2,1H3,(H,31,32,35). The van der Waals surface area contributed by atoms with E-state index in [1.807, 2.05) is 13.0 Å². The quantitative estimate of drug-likeness (QED) is 0.441. The number of halogens is 5. The highest BCUT2D eigenvalue weighted by Gasteiger charge is 2.29. The molecule has 186 valence electrons. The molecule has 2 aromatic carbocycles. The van der Waals surface area contributed by atoms with Gasteiger partial charge in [-0.2, -0.15) is 13.2 Å². The number of aromatic nitrogens is 2. The average molecular weight is 528 g/mol. The van der Waals surface area contributed by atoms with E-state index in [2.05, 4.69) is 20.6 Å². The van der Waals surface area contributed by atoms with Crippen LogP contribution in [0.2, 0.25) is 10.0 Å². The maximum absolute atomic E-state index is 13.0. The van der Waals surface area contributed by atoms with Crippen molar-refractivity contribution in [2.45, 2.75) is 32.1 Å². The van der Waals surface area contributed by atoms with E-state index >= 15 is 0 Å². The van der Waals surface area contributed by atoms with E-state index in [1.54, 1.807) is 29.2 Å². The van der Waals surface area contributed by atoms with Crippen LogP contribution in [0.4, 0.5) is 18.9 Å². The van der Waals surface area contributed by atoms with Crippen molar-refractivity contribution in [3.8, 4) is 0 Å². The molecular formula is C23H22Cl2F3N5O2. The number of carbonyl (C=O) groups excluding carboxylic acids is 1. The Morgan fingerprint density at radius 2 is 2.03 bits per heavy atom. The third kappa shape index (κ3) is 5.88. The molecule has 1 unspecified atom stereocenters. The van der Waals surface area contributed by atoms with E-state index in [0.717, 1.165) is 11.1 Å². The van der Waals surface area contributed by atoms with Gasteiger partial charge < -0.3 is 20.5 Å². The first-order chi connectivity index (χ1) is 16.5. The summed E-state index contributed by atoms with van der Waals surface area (Å²) in [4.78, 5) is 33.7. The van der Waals surface area contributed by atoms with Gasteiger partial charge in [0.25, 0.3) is 5.56 Å². The molecule has 1 aliphatic heterocycles. The molecule has 0 spiro atoms. The van der Waals surface area contributed by atoms with Crippen molar-refractivity contribution >= 4 is 45.7 Å². The molecule has 1 aromatic heterocycles. The van der Waals surface area contributed by atoms with E-state index in [1.165, 1.54) is 0 Å². The average Bonchev–Trinajstić information content (AvgIpc) is 2.76. The molecular weight excluding hydrogens is 506 g/mol. The number of H-pyrrole nitrogens is 1. The van der Waals surface area contributed by atoms with Gasteiger partial charge in [0, 0.05) is 22.3 Å². The summed E-state index contributed by atoms with van der Waals surface area (Å²) in [6, 6.07) is 8.09. The molecule has 0 fully saturated rings. The number of aromatic amines is 1. The highest BCUT2D eigenvalue weighted by atomic mass is 35.5. The number of nitrogens with zero attached hydrogens (tertiary/aromatic N) is 2. The van der Waals surface area contributed by atoms with Crippen LogP contribution >= 0.6 is 23.2 Å². The van der Waals surface area contributed by atoms with Crippen LogP contribution in [0.3, 0.4) is 0 Å². The minimum Gasteiger partial charge on any atom is -0.376 e. The van der Waals surface area contributed by atoms with Crippen molar-refractivity contribution in [1.82, 2.24) is 20.2 Å². The lowest BCUT2D eigenvalue weighted by molar-refractivity contribution is -0.131. The summed E-state index contributed by atoms with van der Waals surface area (Å²) < 4.78 is 37.1. The highest BCUT2D eigenvalue weighted by Crippen LogP contribution is 2.36. The van der Waals surface area contributed by atoms with Crippen LogP contribution in [-0.4, -0.2) is 46.6 Å². The summed E-state index contributed by atoms with van der Waals surface area (Å²) in [7, 11) is 0. The first-order valence-electron chi connectivity index (χ1n) is 10.8. The molecule has 1 amide bonds. The number of hydrogen-bond donors (Lipinski definition) is 3. The lowest BCUT2D eigenvalue weighted by Gasteiger charge is -2.36. The second kappa shape index (κ2) is 10.0. The van der Waals surface area contributed by atoms with E-state index in [-0.39, 0.29) is 36.2 Å².